The van der Waals surface area contributed by atoms with Gasteiger partial charge in [0.1, 0.15) is 6.10 Å². The number of phenols is 1. The monoisotopic (exact) mass is 371 g/mol. The lowest BCUT2D eigenvalue weighted by molar-refractivity contribution is -0.131. The van der Waals surface area contributed by atoms with Crippen LogP contribution in [0.5, 0.6) is 11.5 Å². The van der Waals surface area contributed by atoms with Crippen molar-refractivity contribution in [3.8, 4) is 11.5 Å². The van der Waals surface area contributed by atoms with E-state index < -0.39 is 18.2 Å². The van der Waals surface area contributed by atoms with Crippen molar-refractivity contribution in [1.29, 1.82) is 0 Å². The fourth-order valence-electron chi connectivity index (χ4n) is 2.37. The topological polar surface area (TPSA) is 105 Å². The van der Waals surface area contributed by atoms with E-state index in [1.807, 2.05) is 19.1 Å². The Morgan fingerprint density at radius 3 is 2.48 bits per heavy atom. The predicted octanol–water partition coefficient (Wildman–Crippen LogP) is 4.03. The smallest absolute Gasteiger partial charge is 0.412 e. The summed E-state index contributed by atoms with van der Waals surface area (Å²) < 4.78 is 10.4. The third-order valence-corrected chi connectivity index (χ3v) is 3.73. The number of methoxy groups -OCH3 is 1. The van der Waals surface area contributed by atoms with Gasteiger partial charge in [0.15, 0.2) is 11.5 Å². The summed E-state index contributed by atoms with van der Waals surface area (Å²) in [5.41, 5.74) is 2.13. The van der Waals surface area contributed by atoms with Gasteiger partial charge in [0.25, 0.3) is 0 Å². The van der Waals surface area contributed by atoms with Gasteiger partial charge in [0, 0.05) is 18.2 Å². The van der Waals surface area contributed by atoms with Gasteiger partial charge in [0.05, 0.1) is 7.11 Å². The van der Waals surface area contributed by atoms with E-state index in [2.05, 4.69) is 5.32 Å². The zero-order valence-electron chi connectivity index (χ0n) is 15.0. The molecule has 2 aromatic carbocycles. The molecule has 1 atom stereocenters. The van der Waals surface area contributed by atoms with Crippen LogP contribution in [0.2, 0.25) is 0 Å². The molecule has 0 aliphatic heterocycles. The number of benzene rings is 2. The van der Waals surface area contributed by atoms with Gasteiger partial charge < -0.3 is 19.7 Å². The summed E-state index contributed by atoms with van der Waals surface area (Å²) in [6.07, 6.45) is 0.996. The fourth-order valence-corrected chi connectivity index (χ4v) is 2.37. The Balaban J connectivity index is 2.15. The average Bonchev–Trinajstić information content (AvgIpc) is 2.62. The van der Waals surface area contributed by atoms with Crippen LogP contribution in [0.25, 0.3) is 0 Å². The average molecular weight is 371 g/mol. The van der Waals surface area contributed by atoms with Crippen molar-refractivity contribution in [2.75, 3.05) is 12.4 Å². The molecule has 7 nitrogen and oxygen atoms in total. The number of hydrogen-bond donors (Lipinski definition) is 3. The maximum Gasteiger partial charge on any atom is 0.412 e. The Morgan fingerprint density at radius 1 is 1.19 bits per heavy atom. The lowest BCUT2D eigenvalue weighted by Gasteiger charge is -2.18. The predicted molar refractivity (Wildman–Crippen MR) is 100 cm³/mol. The third-order valence-electron chi connectivity index (χ3n) is 3.73. The SMILES string of the molecule is COc1ccc([C@H](C/C=C/C(=O)O)OC(=O)Nc2ccc(C)cc2)cc1O. The van der Waals surface area contributed by atoms with Gasteiger partial charge in [-0.05, 0) is 36.8 Å². The molecule has 0 saturated heterocycles. The number of amides is 1. The van der Waals surface area contributed by atoms with Crippen LogP contribution in [0.3, 0.4) is 0 Å². The zero-order chi connectivity index (χ0) is 19.8. The second-order valence-electron chi connectivity index (χ2n) is 5.79. The molecule has 0 aromatic heterocycles. The Morgan fingerprint density at radius 2 is 1.89 bits per heavy atom. The van der Waals surface area contributed by atoms with Crippen molar-refractivity contribution in [2.24, 2.45) is 0 Å². The number of aliphatic carboxylic acids is 1. The number of carboxylic acids is 1. The molecule has 0 radical (unpaired) electrons. The lowest BCUT2D eigenvalue weighted by atomic mass is 10.1. The first-order valence-corrected chi connectivity index (χ1v) is 8.19. The molecule has 7 heteroatoms. The molecular formula is C20H21NO6. The van der Waals surface area contributed by atoms with E-state index in [9.17, 15) is 14.7 Å². The number of hydrogen-bond acceptors (Lipinski definition) is 5. The molecule has 0 spiro atoms. The molecular weight excluding hydrogens is 350 g/mol. The summed E-state index contributed by atoms with van der Waals surface area (Å²) in [6, 6.07) is 11.8. The highest BCUT2D eigenvalue weighted by Gasteiger charge is 2.18. The first-order chi connectivity index (χ1) is 12.9. The molecule has 0 aliphatic rings. The summed E-state index contributed by atoms with van der Waals surface area (Å²) in [4.78, 5) is 22.9. The summed E-state index contributed by atoms with van der Waals surface area (Å²) in [7, 11) is 1.42. The van der Waals surface area contributed by atoms with Crippen molar-refractivity contribution in [3.05, 3.63) is 65.7 Å². The van der Waals surface area contributed by atoms with Crippen molar-refractivity contribution in [3.63, 3.8) is 0 Å². The second-order valence-corrected chi connectivity index (χ2v) is 5.79. The standard InChI is InChI=1S/C20H21NO6/c1-13-6-9-15(10-7-13)21-20(25)27-17(4-3-5-19(23)24)14-8-11-18(26-2)16(22)12-14/h3,5-12,17,22H,4H2,1-2H3,(H,21,25)(H,23,24)/b5-3+/t17-/m0/s1. The van der Waals surface area contributed by atoms with E-state index in [4.69, 9.17) is 14.6 Å². The minimum absolute atomic E-state index is 0.107. The van der Waals surface area contributed by atoms with Crippen LogP contribution >= 0.6 is 0 Å². The third kappa shape index (κ3) is 6.07. The van der Waals surface area contributed by atoms with Crippen LogP contribution in [0.1, 0.15) is 23.7 Å². The molecule has 3 N–H and O–H groups in total. The number of phenolic OH excluding ortho intramolecular Hbond substituents is 1. The number of carbonyl (C=O) groups excluding carboxylic acids is 1. The van der Waals surface area contributed by atoms with Gasteiger partial charge in [-0.1, -0.05) is 29.8 Å². The Hall–Kier alpha value is -3.48. The number of carboxylic acid groups (broad SMARTS) is 1. The lowest BCUT2D eigenvalue weighted by Crippen LogP contribution is -2.17. The highest BCUT2D eigenvalue weighted by Crippen LogP contribution is 2.32. The van der Waals surface area contributed by atoms with Crippen LogP contribution in [0.15, 0.2) is 54.6 Å². The number of nitrogens with one attached hydrogen (secondary N) is 1. The van der Waals surface area contributed by atoms with Gasteiger partial charge in [-0.3, -0.25) is 5.32 Å². The molecule has 142 valence electrons. The highest BCUT2D eigenvalue weighted by molar-refractivity contribution is 5.84. The van der Waals surface area contributed by atoms with E-state index in [0.717, 1.165) is 11.6 Å². The molecule has 0 saturated carbocycles. The van der Waals surface area contributed by atoms with Gasteiger partial charge >= 0.3 is 12.1 Å². The summed E-state index contributed by atoms with van der Waals surface area (Å²) in [6.45, 7) is 1.93. The van der Waals surface area contributed by atoms with Gasteiger partial charge in [-0.15, -0.1) is 0 Å². The molecule has 0 fully saturated rings. The normalized spacial score (nSPS) is 11.8. The Bertz CT molecular complexity index is 829. The number of aryl methyl sites for hydroxylation is 1. The fraction of sp³-hybridized carbons (Fsp3) is 0.200. The van der Waals surface area contributed by atoms with Crippen LogP contribution in [0, 0.1) is 6.92 Å². The first kappa shape index (κ1) is 19.8. The van der Waals surface area contributed by atoms with E-state index in [1.165, 1.54) is 19.3 Å². The Labute approximate surface area is 156 Å². The molecule has 2 rings (SSSR count). The van der Waals surface area contributed by atoms with E-state index >= 15 is 0 Å². The van der Waals surface area contributed by atoms with E-state index in [0.29, 0.717) is 11.3 Å². The van der Waals surface area contributed by atoms with Crippen LogP contribution < -0.4 is 10.1 Å². The van der Waals surface area contributed by atoms with Crippen molar-refractivity contribution < 1.29 is 29.3 Å². The quantitative estimate of drug-likeness (QED) is 0.635. The van der Waals surface area contributed by atoms with E-state index in [1.54, 1.807) is 24.3 Å². The minimum Gasteiger partial charge on any atom is -0.504 e. The molecule has 1 amide bonds. The zero-order valence-corrected chi connectivity index (χ0v) is 15.0. The Kier molecular flexibility index (Phi) is 6.82. The first-order valence-electron chi connectivity index (χ1n) is 8.19. The number of aromatic hydroxyl groups is 1. The molecule has 0 aliphatic carbocycles. The van der Waals surface area contributed by atoms with Gasteiger partial charge in [-0.25, -0.2) is 9.59 Å². The van der Waals surface area contributed by atoms with Crippen LogP contribution in [-0.2, 0) is 9.53 Å². The summed E-state index contributed by atoms with van der Waals surface area (Å²) >= 11 is 0. The van der Waals surface area contributed by atoms with Gasteiger partial charge in [0.2, 0.25) is 0 Å². The number of carbonyl (C=O) groups is 2. The number of anilines is 1. The summed E-state index contributed by atoms with van der Waals surface area (Å²) in [5, 5.41) is 21.3. The van der Waals surface area contributed by atoms with E-state index in [-0.39, 0.29) is 17.9 Å². The molecule has 0 heterocycles. The largest absolute Gasteiger partial charge is 0.504 e. The second kappa shape index (κ2) is 9.28. The van der Waals surface area contributed by atoms with Gasteiger partial charge in [-0.2, -0.15) is 0 Å². The summed E-state index contributed by atoms with van der Waals surface area (Å²) in [5.74, 6) is -0.928. The number of rotatable bonds is 7. The van der Waals surface area contributed by atoms with Crippen LogP contribution in [0.4, 0.5) is 10.5 Å². The minimum atomic E-state index is -1.10. The molecule has 0 unspecified atom stereocenters. The highest BCUT2D eigenvalue weighted by atomic mass is 16.6. The number of ether oxygens (including phenoxy) is 2. The maximum absolute atomic E-state index is 12.2. The maximum atomic E-state index is 12.2. The van der Waals surface area contributed by atoms with Crippen molar-refractivity contribution in [1.82, 2.24) is 0 Å². The molecule has 27 heavy (non-hydrogen) atoms. The molecule has 2 aromatic rings. The van der Waals surface area contributed by atoms with Crippen LogP contribution in [-0.4, -0.2) is 29.4 Å². The molecule has 0 bridgehead atoms. The van der Waals surface area contributed by atoms with Crippen molar-refractivity contribution in [2.45, 2.75) is 19.4 Å². The van der Waals surface area contributed by atoms with Crippen molar-refractivity contribution >= 4 is 17.7 Å².